The van der Waals surface area contributed by atoms with Gasteiger partial charge in [0, 0.05) is 13.0 Å². The number of nitrogens with one attached hydrogen (secondary N) is 1. The first-order chi connectivity index (χ1) is 16.9. The molecule has 4 rings (SSSR count). The largest absolute Gasteiger partial charge is 0.469 e. The number of fused-ring (bicyclic) bond motifs is 5. The fraction of sp³-hybridized carbons (Fsp3) is 0.931. The Morgan fingerprint density at radius 3 is 2.47 bits per heavy atom. The Morgan fingerprint density at radius 1 is 1.08 bits per heavy atom. The van der Waals surface area contributed by atoms with Gasteiger partial charge in [-0.25, -0.2) is 4.79 Å². The molecule has 3 N–H and O–H groups in total. The number of carbonyl (C=O) groups is 2. The predicted molar refractivity (Wildman–Crippen MR) is 137 cm³/mol. The standard InChI is InChI=1S/C29H49NO6/c1-7-30-26(34)36-27(3)12-13-28(4)18(16-27)14-22(31)25-20-10-9-19(17(2)8-11-24(33)35-6)29(20,5)23(32)15-21(25)28/h17-23,25,31-32H,7-16H2,1-6H3,(H,30,34)/t17-,18-,19-,20+,21+,22-,23+,25+,27?,28+,29-/m1/s1. The van der Waals surface area contributed by atoms with E-state index in [-0.39, 0.29) is 46.6 Å². The van der Waals surface area contributed by atoms with E-state index in [1.807, 2.05) is 13.8 Å². The van der Waals surface area contributed by atoms with Gasteiger partial charge in [0.05, 0.1) is 19.3 Å². The molecule has 4 fully saturated rings. The van der Waals surface area contributed by atoms with Gasteiger partial charge in [-0.1, -0.05) is 20.8 Å². The molecule has 0 aromatic rings. The molecule has 206 valence electrons. The number of amides is 1. The molecule has 0 aliphatic heterocycles. The van der Waals surface area contributed by atoms with E-state index < -0.39 is 17.8 Å². The molecule has 7 nitrogen and oxygen atoms in total. The fourth-order valence-corrected chi connectivity index (χ4v) is 9.46. The van der Waals surface area contributed by atoms with Gasteiger partial charge in [0.15, 0.2) is 0 Å². The van der Waals surface area contributed by atoms with Gasteiger partial charge >= 0.3 is 12.1 Å². The number of aliphatic hydroxyl groups is 2. The first-order valence-electron chi connectivity index (χ1n) is 14.3. The second-order valence-corrected chi connectivity index (χ2v) is 13.3. The third-order valence-electron chi connectivity index (χ3n) is 11.5. The molecule has 1 amide bonds. The van der Waals surface area contributed by atoms with E-state index in [0.29, 0.717) is 24.8 Å². The first-order valence-corrected chi connectivity index (χ1v) is 14.3. The van der Waals surface area contributed by atoms with Gasteiger partial charge in [-0.2, -0.15) is 0 Å². The highest BCUT2D eigenvalue weighted by molar-refractivity contribution is 5.69. The summed E-state index contributed by atoms with van der Waals surface area (Å²) in [5.74, 6) is 1.47. The number of ether oxygens (including phenoxy) is 2. The van der Waals surface area contributed by atoms with Gasteiger partial charge in [-0.05, 0) is 112 Å². The summed E-state index contributed by atoms with van der Waals surface area (Å²) in [5.41, 5.74) is -0.748. The third-order valence-corrected chi connectivity index (χ3v) is 11.5. The lowest BCUT2D eigenvalue weighted by atomic mass is 9.42. The summed E-state index contributed by atoms with van der Waals surface area (Å²) in [7, 11) is 1.43. The van der Waals surface area contributed by atoms with E-state index in [1.165, 1.54) is 7.11 Å². The van der Waals surface area contributed by atoms with Crippen molar-refractivity contribution >= 4 is 12.1 Å². The summed E-state index contributed by atoms with van der Waals surface area (Å²) in [6, 6.07) is 0. The minimum Gasteiger partial charge on any atom is -0.469 e. The highest BCUT2D eigenvalue weighted by Gasteiger charge is 2.66. The number of rotatable bonds is 6. The lowest BCUT2D eigenvalue weighted by Gasteiger charge is -2.64. The van der Waals surface area contributed by atoms with E-state index >= 15 is 0 Å². The lowest BCUT2D eigenvalue weighted by Crippen LogP contribution is -2.63. The van der Waals surface area contributed by atoms with Gasteiger partial charge in [0.2, 0.25) is 0 Å². The average molecular weight is 508 g/mol. The molecule has 7 heteroatoms. The van der Waals surface area contributed by atoms with Crippen LogP contribution in [0.1, 0.15) is 92.4 Å². The average Bonchev–Trinajstić information content (AvgIpc) is 3.17. The van der Waals surface area contributed by atoms with Crippen molar-refractivity contribution in [3.8, 4) is 0 Å². The Labute approximate surface area is 217 Å². The number of methoxy groups -OCH3 is 1. The Morgan fingerprint density at radius 2 is 1.81 bits per heavy atom. The third kappa shape index (κ3) is 4.57. The van der Waals surface area contributed by atoms with Gasteiger partial charge in [0.25, 0.3) is 0 Å². The minimum absolute atomic E-state index is 0.0187. The number of alkyl carbamates (subject to hydrolysis) is 1. The van der Waals surface area contributed by atoms with Crippen molar-refractivity contribution in [2.75, 3.05) is 13.7 Å². The molecule has 36 heavy (non-hydrogen) atoms. The Kier molecular flexibility index (Phi) is 7.76. The van der Waals surface area contributed by atoms with Gasteiger partial charge in [-0.3, -0.25) is 4.79 Å². The number of hydrogen-bond donors (Lipinski definition) is 3. The summed E-state index contributed by atoms with van der Waals surface area (Å²) in [5, 5.41) is 26.1. The highest BCUT2D eigenvalue weighted by Crippen LogP contribution is 2.69. The Hall–Kier alpha value is -1.34. The highest BCUT2D eigenvalue weighted by atomic mass is 16.6. The molecule has 0 radical (unpaired) electrons. The maximum atomic E-state index is 12.2. The lowest BCUT2D eigenvalue weighted by molar-refractivity contribution is -0.214. The van der Waals surface area contributed by atoms with E-state index in [9.17, 15) is 19.8 Å². The molecule has 0 spiro atoms. The molecule has 4 saturated carbocycles. The van der Waals surface area contributed by atoms with Crippen LogP contribution in [0.3, 0.4) is 0 Å². The second kappa shape index (κ2) is 10.1. The van der Waals surface area contributed by atoms with Crippen molar-refractivity contribution < 1.29 is 29.3 Å². The van der Waals surface area contributed by atoms with Crippen LogP contribution >= 0.6 is 0 Å². The summed E-state index contributed by atoms with van der Waals surface area (Å²) in [6.45, 7) is 11.3. The SMILES string of the molecule is CCNC(=O)OC1(C)CC[C@@]2(C)[C@H](C[C@@H](O)[C@@H]3[C@@H]2C[C@H](O)[C@]2(C)[C@@H]([C@H](C)CCC(=O)OC)CC[C@@H]32)C1. The molecule has 11 atom stereocenters. The molecular formula is C29H49NO6. The van der Waals surface area contributed by atoms with E-state index in [0.717, 1.165) is 51.4 Å². The summed E-state index contributed by atoms with van der Waals surface area (Å²) < 4.78 is 10.7. The zero-order chi connectivity index (χ0) is 26.5. The van der Waals surface area contributed by atoms with Gasteiger partial charge in [0.1, 0.15) is 5.60 Å². The quantitative estimate of drug-likeness (QED) is 0.451. The molecule has 4 aliphatic carbocycles. The van der Waals surface area contributed by atoms with Crippen LogP contribution in [-0.4, -0.2) is 53.7 Å². The molecule has 4 aliphatic rings. The predicted octanol–water partition coefficient (Wildman–Crippen LogP) is 4.68. The van der Waals surface area contributed by atoms with Crippen molar-refractivity contribution in [1.29, 1.82) is 0 Å². The van der Waals surface area contributed by atoms with Crippen molar-refractivity contribution in [2.24, 2.45) is 46.3 Å². The van der Waals surface area contributed by atoms with Crippen molar-refractivity contribution in [2.45, 2.75) is 110 Å². The first kappa shape index (κ1) is 27.7. The Bertz CT molecular complexity index is 835. The summed E-state index contributed by atoms with van der Waals surface area (Å²) in [6.07, 6.45) is 6.02. The van der Waals surface area contributed by atoms with E-state index in [2.05, 4.69) is 26.1 Å². The molecular weight excluding hydrogens is 458 g/mol. The van der Waals surface area contributed by atoms with E-state index in [1.54, 1.807) is 0 Å². The molecule has 0 saturated heterocycles. The summed E-state index contributed by atoms with van der Waals surface area (Å²) in [4.78, 5) is 24.0. The zero-order valence-electron chi connectivity index (χ0n) is 23.2. The van der Waals surface area contributed by atoms with Gasteiger partial charge < -0.3 is 25.0 Å². The molecule has 1 unspecified atom stereocenters. The number of esters is 1. The van der Waals surface area contributed by atoms with Crippen molar-refractivity contribution in [3.63, 3.8) is 0 Å². The zero-order valence-corrected chi connectivity index (χ0v) is 23.2. The van der Waals surface area contributed by atoms with Crippen molar-refractivity contribution in [1.82, 2.24) is 5.32 Å². The van der Waals surface area contributed by atoms with Crippen LogP contribution in [0.15, 0.2) is 0 Å². The fourth-order valence-electron chi connectivity index (χ4n) is 9.46. The number of aliphatic hydroxyl groups excluding tert-OH is 2. The normalized spacial score (nSPS) is 46.6. The number of carbonyl (C=O) groups excluding carboxylic acids is 2. The van der Waals surface area contributed by atoms with Gasteiger partial charge in [-0.15, -0.1) is 0 Å². The topological polar surface area (TPSA) is 105 Å². The van der Waals surface area contributed by atoms with Crippen LogP contribution in [0.4, 0.5) is 4.79 Å². The van der Waals surface area contributed by atoms with E-state index in [4.69, 9.17) is 9.47 Å². The molecule has 0 bridgehead atoms. The Balaban J connectivity index is 1.53. The van der Waals surface area contributed by atoms with Crippen LogP contribution in [-0.2, 0) is 14.3 Å². The molecule has 0 aromatic heterocycles. The molecule has 0 aromatic carbocycles. The van der Waals surface area contributed by atoms with Crippen LogP contribution in [0.25, 0.3) is 0 Å². The minimum atomic E-state index is -0.523. The monoisotopic (exact) mass is 507 g/mol. The molecule has 0 heterocycles. The maximum Gasteiger partial charge on any atom is 0.407 e. The number of hydrogen-bond acceptors (Lipinski definition) is 6. The van der Waals surface area contributed by atoms with Crippen LogP contribution in [0.2, 0.25) is 0 Å². The van der Waals surface area contributed by atoms with Crippen molar-refractivity contribution in [3.05, 3.63) is 0 Å². The summed E-state index contributed by atoms with van der Waals surface area (Å²) >= 11 is 0. The van der Waals surface area contributed by atoms with Crippen LogP contribution < -0.4 is 5.32 Å². The van der Waals surface area contributed by atoms with Crippen LogP contribution in [0, 0.1) is 46.3 Å². The smallest absolute Gasteiger partial charge is 0.407 e. The maximum absolute atomic E-state index is 12.2. The van der Waals surface area contributed by atoms with Crippen LogP contribution in [0.5, 0.6) is 0 Å². The second-order valence-electron chi connectivity index (χ2n) is 13.3.